The van der Waals surface area contributed by atoms with E-state index in [9.17, 15) is 0 Å². The van der Waals surface area contributed by atoms with Crippen LogP contribution in [0.1, 0.15) is 16.7 Å². The number of nitrogens with one attached hydrogen (secondary N) is 1. The molecule has 0 aliphatic carbocycles. The van der Waals surface area contributed by atoms with Crippen molar-refractivity contribution in [2.75, 3.05) is 18.5 Å². The molecule has 0 bridgehead atoms. The Morgan fingerprint density at radius 2 is 2.05 bits per heavy atom. The number of nitrogens with zero attached hydrogens (tertiary/aromatic N) is 3. The lowest BCUT2D eigenvalue weighted by molar-refractivity contribution is 0.557. The molecule has 1 aliphatic rings. The Labute approximate surface area is 113 Å². The van der Waals surface area contributed by atoms with Gasteiger partial charge in [0, 0.05) is 11.6 Å². The Morgan fingerprint density at radius 1 is 1.21 bits per heavy atom. The summed E-state index contributed by atoms with van der Waals surface area (Å²) < 4.78 is 0. The van der Waals surface area contributed by atoms with Crippen LogP contribution >= 0.6 is 0 Å². The summed E-state index contributed by atoms with van der Waals surface area (Å²) in [6.07, 6.45) is 3.74. The highest BCUT2D eigenvalue weighted by atomic mass is 15.5. The number of hydrogen-bond acceptors (Lipinski definition) is 4. The summed E-state index contributed by atoms with van der Waals surface area (Å²) >= 11 is 0. The molecule has 19 heavy (non-hydrogen) atoms. The third kappa shape index (κ3) is 2.03. The van der Waals surface area contributed by atoms with Crippen LogP contribution in [0.4, 0.5) is 5.69 Å². The summed E-state index contributed by atoms with van der Waals surface area (Å²) in [4.78, 5) is 8.73. The fourth-order valence-corrected chi connectivity index (χ4v) is 2.59. The van der Waals surface area contributed by atoms with E-state index in [0.717, 1.165) is 24.3 Å². The Hall–Kier alpha value is -2.10. The van der Waals surface area contributed by atoms with Gasteiger partial charge in [0.1, 0.15) is 6.34 Å². The van der Waals surface area contributed by atoms with Gasteiger partial charge in [0.2, 0.25) is 0 Å². The molecule has 3 rings (SSSR count). The van der Waals surface area contributed by atoms with E-state index in [1.807, 2.05) is 17.5 Å². The highest BCUT2D eigenvalue weighted by Crippen LogP contribution is 2.30. The molecule has 4 heteroatoms. The van der Waals surface area contributed by atoms with Crippen molar-refractivity contribution in [2.24, 2.45) is 4.99 Å². The number of benzene rings is 1. The van der Waals surface area contributed by atoms with Gasteiger partial charge in [-0.15, -0.1) is 0 Å². The van der Waals surface area contributed by atoms with Gasteiger partial charge in [0.25, 0.3) is 0 Å². The second-order valence-electron chi connectivity index (χ2n) is 5.04. The maximum Gasteiger partial charge on any atom is 0.104 e. The minimum absolute atomic E-state index is 0.860. The number of hydrogen-bond donors (Lipinski definition) is 1. The van der Waals surface area contributed by atoms with E-state index in [1.54, 1.807) is 0 Å². The number of hydrazine groups is 1. The molecule has 0 spiro atoms. The molecular formula is C15H18N4. The first-order chi connectivity index (χ1) is 9.16. The van der Waals surface area contributed by atoms with Crippen LogP contribution in [0.25, 0.3) is 10.9 Å². The summed E-state index contributed by atoms with van der Waals surface area (Å²) in [5.41, 5.74) is 9.36. The zero-order valence-electron chi connectivity index (χ0n) is 11.6. The summed E-state index contributed by atoms with van der Waals surface area (Å²) in [5.74, 6) is 0. The standard InChI is InChI=1S/C15H18N4/c1-10-4-5-17-15-11(2)8-13(12(3)14(10)15)18-19-7-6-16-9-19/h4-5,8-9,18H,6-7H2,1-3H3. The van der Waals surface area contributed by atoms with Gasteiger partial charge in [-0.1, -0.05) is 0 Å². The van der Waals surface area contributed by atoms with Crippen molar-refractivity contribution in [3.8, 4) is 0 Å². The van der Waals surface area contributed by atoms with Crippen LogP contribution in [0.5, 0.6) is 0 Å². The van der Waals surface area contributed by atoms with Gasteiger partial charge >= 0.3 is 0 Å². The van der Waals surface area contributed by atoms with Crippen LogP contribution in [-0.2, 0) is 0 Å². The highest BCUT2D eigenvalue weighted by molar-refractivity contribution is 5.92. The SMILES string of the molecule is Cc1cc(NN2C=NCC2)c(C)c2c(C)ccnc12. The largest absolute Gasteiger partial charge is 0.297 e. The van der Waals surface area contributed by atoms with Crippen molar-refractivity contribution in [3.05, 3.63) is 35.0 Å². The molecule has 2 heterocycles. The normalized spacial score (nSPS) is 14.4. The van der Waals surface area contributed by atoms with E-state index in [1.165, 1.54) is 22.1 Å². The van der Waals surface area contributed by atoms with Crippen molar-refractivity contribution >= 4 is 22.9 Å². The van der Waals surface area contributed by atoms with Crippen molar-refractivity contribution in [1.82, 2.24) is 9.99 Å². The molecule has 0 unspecified atom stereocenters. The fraction of sp³-hybridized carbons (Fsp3) is 0.333. The Morgan fingerprint density at radius 3 is 2.79 bits per heavy atom. The minimum Gasteiger partial charge on any atom is -0.297 e. The Bertz CT molecular complexity index is 661. The minimum atomic E-state index is 0.860. The predicted molar refractivity (Wildman–Crippen MR) is 79.6 cm³/mol. The van der Waals surface area contributed by atoms with Crippen LogP contribution in [-0.4, -0.2) is 29.4 Å². The third-order valence-electron chi connectivity index (χ3n) is 3.63. The van der Waals surface area contributed by atoms with Crippen molar-refractivity contribution < 1.29 is 0 Å². The zero-order chi connectivity index (χ0) is 13.4. The second kappa shape index (κ2) is 4.53. The van der Waals surface area contributed by atoms with Crippen molar-refractivity contribution in [1.29, 1.82) is 0 Å². The molecule has 0 atom stereocenters. The maximum atomic E-state index is 4.51. The third-order valence-corrected chi connectivity index (χ3v) is 3.63. The molecule has 0 amide bonds. The van der Waals surface area contributed by atoms with Gasteiger partial charge in [-0.05, 0) is 49.6 Å². The van der Waals surface area contributed by atoms with Crippen LogP contribution in [0.3, 0.4) is 0 Å². The van der Waals surface area contributed by atoms with Crippen molar-refractivity contribution in [2.45, 2.75) is 20.8 Å². The molecule has 1 aromatic carbocycles. The molecule has 0 saturated heterocycles. The van der Waals surface area contributed by atoms with Crippen LogP contribution in [0, 0.1) is 20.8 Å². The van der Waals surface area contributed by atoms with Gasteiger partial charge in [-0.3, -0.25) is 20.4 Å². The lowest BCUT2D eigenvalue weighted by Gasteiger charge is -2.20. The molecule has 0 saturated carbocycles. The van der Waals surface area contributed by atoms with Gasteiger partial charge in [0.15, 0.2) is 0 Å². The quantitative estimate of drug-likeness (QED) is 0.896. The zero-order valence-corrected chi connectivity index (χ0v) is 11.6. The first kappa shape index (κ1) is 12.0. The molecule has 2 aromatic rings. The lowest BCUT2D eigenvalue weighted by Crippen LogP contribution is -2.27. The number of aliphatic imine (C=N–C) groups is 1. The van der Waals surface area contributed by atoms with E-state index >= 15 is 0 Å². The molecule has 98 valence electrons. The van der Waals surface area contributed by atoms with E-state index < -0.39 is 0 Å². The van der Waals surface area contributed by atoms with E-state index in [-0.39, 0.29) is 0 Å². The lowest BCUT2D eigenvalue weighted by atomic mass is 10.00. The summed E-state index contributed by atoms with van der Waals surface area (Å²) in [6.45, 7) is 8.17. The summed E-state index contributed by atoms with van der Waals surface area (Å²) in [6, 6.07) is 4.23. The molecule has 0 fully saturated rings. The number of fused-ring (bicyclic) bond motifs is 1. The molecule has 1 aromatic heterocycles. The number of pyridine rings is 1. The second-order valence-corrected chi connectivity index (χ2v) is 5.04. The first-order valence-electron chi connectivity index (χ1n) is 6.55. The Balaban J connectivity index is 2.12. The molecular weight excluding hydrogens is 236 g/mol. The number of aromatic nitrogens is 1. The van der Waals surface area contributed by atoms with Gasteiger partial charge in [0.05, 0.1) is 24.3 Å². The van der Waals surface area contributed by atoms with Gasteiger partial charge < -0.3 is 0 Å². The smallest absolute Gasteiger partial charge is 0.104 e. The fourth-order valence-electron chi connectivity index (χ4n) is 2.59. The maximum absolute atomic E-state index is 4.51. The number of anilines is 1. The number of aryl methyl sites for hydroxylation is 3. The first-order valence-corrected chi connectivity index (χ1v) is 6.55. The van der Waals surface area contributed by atoms with Crippen LogP contribution in [0.2, 0.25) is 0 Å². The molecule has 4 nitrogen and oxygen atoms in total. The van der Waals surface area contributed by atoms with Gasteiger partial charge in [-0.2, -0.15) is 0 Å². The molecule has 1 N–H and O–H groups in total. The molecule has 0 radical (unpaired) electrons. The number of rotatable bonds is 2. The summed E-state index contributed by atoms with van der Waals surface area (Å²) in [7, 11) is 0. The van der Waals surface area contributed by atoms with E-state index in [4.69, 9.17) is 0 Å². The molecule has 1 aliphatic heterocycles. The van der Waals surface area contributed by atoms with Crippen LogP contribution < -0.4 is 5.43 Å². The topological polar surface area (TPSA) is 40.5 Å². The average Bonchev–Trinajstić information content (AvgIpc) is 2.88. The predicted octanol–water partition coefficient (Wildman–Crippen LogP) is 2.83. The average molecular weight is 254 g/mol. The van der Waals surface area contributed by atoms with Crippen molar-refractivity contribution in [3.63, 3.8) is 0 Å². The van der Waals surface area contributed by atoms with Crippen LogP contribution in [0.15, 0.2) is 23.3 Å². The Kier molecular flexibility index (Phi) is 2.85. The highest BCUT2D eigenvalue weighted by Gasteiger charge is 2.12. The van der Waals surface area contributed by atoms with E-state index in [0.29, 0.717) is 0 Å². The monoisotopic (exact) mass is 254 g/mol. The summed E-state index contributed by atoms with van der Waals surface area (Å²) in [5, 5.41) is 3.28. The van der Waals surface area contributed by atoms with Gasteiger partial charge in [-0.25, -0.2) is 0 Å². The van der Waals surface area contributed by atoms with E-state index in [2.05, 4.69) is 48.3 Å².